The van der Waals surface area contributed by atoms with Gasteiger partial charge in [-0.3, -0.25) is 4.79 Å². The summed E-state index contributed by atoms with van der Waals surface area (Å²) in [5, 5.41) is 3.39. The van der Waals surface area contributed by atoms with E-state index in [1.165, 1.54) is 0 Å². The van der Waals surface area contributed by atoms with Crippen molar-refractivity contribution in [1.82, 2.24) is 5.32 Å². The predicted molar refractivity (Wildman–Crippen MR) is 50.8 cm³/mol. The Balaban J connectivity index is 3.97. The van der Waals surface area contributed by atoms with Crippen molar-refractivity contribution < 1.29 is 4.79 Å². The maximum Gasteiger partial charge on any atom is 0.234 e. The first-order valence-electron chi connectivity index (χ1n) is 3.81. The molecule has 0 radical (unpaired) electrons. The number of hydrogen-bond acceptors (Lipinski definition) is 2. The molecule has 1 amide bonds. The molecule has 4 heteroatoms. The van der Waals surface area contributed by atoms with Crippen molar-refractivity contribution in [3.8, 4) is 0 Å². The third kappa shape index (κ3) is 4.36. The first kappa shape index (κ1) is 11.5. The van der Waals surface area contributed by atoms with Crippen molar-refractivity contribution >= 4 is 17.5 Å². The van der Waals surface area contributed by atoms with Gasteiger partial charge in [0, 0.05) is 11.6 Å². The maximum absolute atomic E-state index is 10.8. The van der Waals surface area contributed by atoms with Gasteiger partial charge in [0.25, 0.3) is 0 Å². The zero-order valence-corrected chi connectivity index (χ0v) is 8.19. The molecule has 12 heavy (non-hydrogen) atoms. The number of rotatable bonds is 5. The van der Waals surface area contributed by atoms with Gasteiger partial charge < -0.3 is 11.1 Å². The van der Waals surface area contributed by atoms with Crippen molar-refractivity contribution in [3.05, 3.63) is 11.6 Å². The lowest BCUT2D eigenvalue weighted by Gasteiger charge is -2.18. The van der Waals surface area contributed by atoms with Crippen LogP contribution in [0.1, 0.15) is 13.8 Å². The molecule has 0 saturated heterocycles. The van der Waals surface area contributed by atoms with E-state index >= 15 is 0 Å². The standard InChI is InChI=1S/C8H15ClN2O/c1-5(2)7(8(10)12)11-4-6(3)9/h5,7,11H,3-4H2,1-2H3,(H2,10,12). The van der Waals surface area contributed by atoms with E-state index in [0.717, 1.165) is 0 Å². The highest BCUT2D eigenvalue weighted by Crippen LogP contribution is 2.02. The van der Waals surface area contributed by atoms with Crippen molar-refractivity contribution in [1.29, 1.82) is 0 Å². The Morgan fingerprint density at radius 3 is 2.42 bits per heavy atom. The average Bonchev–Trinajstić information content (AvgIpc) is 1.84. The van der Waals surface area contributed by atoms with Gasteiger partial charge in [0.2, 0.25) is 5.91 Å². The minimum atomic E-state index is -0.358. The Morgan fingerprint density at radius 2 is 2.17 bits per heavy atom. The molecule has 0 aliphatic carbocycles. The molecule has 1 unspecified atom stereocenters. The minimum Gasteiger partial charge on any atom is -0.368 e. The van der Waals surface area contributed by atoms with Crippen LogP contribution in [0.4, 0.5) is 0 Å². The van der Waals surface area contributed by atoms with Crippen LogP contribution in [0.15, 0.2) is 11.6 Å². The lowest BCUT2D eigenvalue weighted by molar-refractivity contribution is -0.120. The minimum absolute atomic E-state index is 0.165. The number of nitrogens with one attached hydrogen (secondary N) is 1. The van der Waals surface area contributed by atoms with Gasteiger partial charge in [-0.05, 0) is 5.92 Å². The third-order valence-corrected chi connectivity index (χ3v) is 1.62. The second-order valence-electron chi connectivity index (χ2n) is 3.02. The van der Waals surface area contributed by atoms with E-state index in [0.29, 0.717) is 11.6 Å². The molecule has 0 spiro atoms. The molecule has 3 nitrogen and oxygen atoms in total. The number of primary amides is 1. The Labute approximate surface area is 78.0 Å². The molecular formula is C8H15ClN2O. The molecule has 0 aliphatic rings. The molecule has 0 aromatic carbocycles. The molecule has 0 aromatic rings. The highest BCUT2D eigenvalue weighted by molar-refractivity contribution is 6.29. The van der Waals surface area contributed by atoms with Crippen LogP contribution in [-0.2, 0) is 4.79 Å². The fourth-order valence-electron chi connectivity index (χ4n) is 0.886. The highest BCUT2D eigenvalue weighted by atomic mass is 35.5. The predicted octanol–water partition coefficient (Wildman–Crippen LogP) is 0.838. The quantitative estimate of drug-likeness (QED) is 0.675. The van der Waals surface area contributed by atoms with Gasteiger partial charge in [0.1, 0.15) is 0 Å². The maximum atomic E-state index is 10.8. The van der Waals surface area contributed by atoms with E-state index in [9.17, 15) is 4.79 Å². The Hall–Kier alpha value is -0.540. The van der Waals surface area contributed by atoms with Gasteiger partial charge in [0.05, 0.1) is 6.04 Å². The number of carbonyl (C=O) groups is 1. The zero-order valence-electron chi connectivity index (χ0n) is 7.43. The molecular weight excluding hydrogens is 176 g/mol. The van der Waals surface area contributed by atoms with Crippen LogP contribution in [0.25, 0.3) is 0 Å². The van der Waals surface area contributed by atoms with Gasteiger partial charge in [-0.2, -0.15) is 0 Å². The first-order chi connectivity index (χ1) is 5.45. The molecule has 0 aromatic heterocycles. The van der Waals surface area contributed by atoms with E-state index in [2.05, 4.69) is 11.9 Å². The van der Waals surface area contributed by atoms with E-state index < -0.39 is 0 Å². The molecule has 3 N–H and O–H groups in total. The van der Waals surface area contributed by atoms with Gasteiger partial charge in [-0.25, -0.2) is 0 Å². The van der Waals surface area contributed by atoms with E-state index in [1.54, 1.807) is 0 Å². The smallest absolute Gasteiger partial charge is 0.234 e. The zero-order chi connectivity index (χ0) is 9.72. The van der Waals surface area contributed by atoms with Gasteiger partial charge >= 0.3 is 0 Å². The summed E-state index contributed by atoms with van der Waals surface area (Å²) in [6, 6.07) is -0.333. The van der Waals surface area contributed by atoms with Gasteiger partial charge in [0.15, 0.2) is 0 Å². The monoisotopic (exact) mass is 190 g/mol. The van der Waals surface area contributed by atoms with Gasteiger partial charge in [-0.15, -0.1) is 0 Å². The summed E-state index contributed by atoms with van der Waals surface area (Å²) < 4.78 is 0. The second-order valence-corrected chi connectivity index (χ2v) is 3.56. The molecule has 0 fully saturated rings. The van der Waals surface area contributed by atoms with Crippen LogP contribution < -0.4 is 11.1 Å². The van der Waals surface area contributed by atoms with Crippen LogP contribution >= 0.6 is 11.6 Å². The Bertz CT molecular complexity index is 180. The first-order valence-corrected chi connectivity index (χ1v) is 4.19. The number of nitrogens with two attached hydrogens (primary N) is 1. The molecule has 1 atom stereocenters. The summed E-state index contributed by atoms with van der Waals surface area (Å²) in [4.78, 5) is 10.8. The fourth-order valence-corrected chi connectivity index (χ4v) is 0.963. The SMILES string of the molecule is C=C(Cl)CNC(C(N)=O)C(C)C. The molecule has 0 rings (SSSR count). The summed E-state index contributed by atoms with van der Waals surface area (Å²) in [6.45, 7) is 7.74. The molecule has 0 aliphatic heterocycles. The Morgan fingerprint density at radius 1 is 1.67 bits per heavy atom. The van der Waals surface area contributed by atoms with Crippen LogP contribution in [0, 0.1) is 5.92 Å². The summed E-state index contributed by atoms with van der Waals surface area (Å²) in [7, 11) is 0. The summed E-state index contributed by atoms with van der Waals surface area (Å²) in [5.41, 5.74) is 5.15. The summed E-state index contributed by atoms with van der Waals surface area (Å²) in [6.07, 6.45) is 0. The summed E-state index contributed by atoms with van der Waals surface area (Å²) >= 11 is 5.52. The van der Waals surface area contributed by atoms with Crippen LogP contribution in [0.3, 0.4) is 0 Å². The Kier molecular flexibility index (Phi) is 4.93. The van der Waals surface area contributed by atoms with E-state index in [-0.39, 0.29) is 17.9 Å². The average molecular weight is 191 g/mol. The lowest BCUT2D eigenvalue weighted by Crippen LogP contribution is -2.45. The second kappa shape index (κ2) is 5.17. The highest BCUT2D eigenvalue weighted by Gasteiger charge is 2.17. The largest absolute Gasteiger partial charge is 0.368 e. The van der Waals surface area contributed by atoms with Crippen molar-refractivity contribution in [2.24, 2.45) is 11.7 Å². The molecule has 0 bridgehead atoms. The van der Waals surface area contributed by atoms with Crippen molar-refractivity contribution in [2.45, 2.75) is 19.9 Å². The number of halogens is 1. The lowest BCUT2D eigenvalue weighted by atomic mass is 10.0. The van der Waals surface area contributed by atoms with E-state index in [4.69, 9.17) is 17.3 Å². The third-order valence-electron chi connectivity index (χ3n) is 1.49. The van der Waals surface area contributed by atoms with Crippen LogP contribution in [0.2, 0.25) is 0 Å². The number of carbonyl (C=O) groups excluding carboxylic acids is 1. The normalized spacial score (nSPS) is 13.0. The van der Waals surface area contributed by atoms with Crippen molar-refractivity contribution in [2.75, 3.05) is 6.54 Å². The molecule has 0 saturated carbocycles. The van der Waals surface area contributed by atoms with Crippen molar-refractivity contribution in [3.63, 3.8) is 0 Å². The van der Waals surface area contributed by atoms with Crippen LogP contribution in [-0.4, -0.2) is 18.5 Å². The fraction of sp³-hybridized carbons (Fsp3) is 0.625. The van der Waals surface area contributed by atoms with Gasteiger partial charge in [-0.1, -0.05) is 32.0 Å². The molecule has 70 valence electrons. The van der Waals surface area contributed by atoms with Crippen LogP contribution in [0.5, 0.6) is 0 Å². The summed E-state index contributed by atoms with van der Waals surface area (Å²) in [5.74, 6) is -0.193. The number of hydrogen-bond donors (Lipinski definition) is 2. The number of amides is 1. The molecule has 0 heterocycles. The van der Waals surface area contributed by atoms with E-state index in [1.807, 2.05) is 13.8 Å². The topological polar surface area (TPSA) is 55.1 Å².